The monoisotopic (exact) mass is 433 g/mol. The summed E-state index contributed by atoms with van der Waals surface area (Å²) in [7, 11) is 0. The molecular weight excluding hydrogens is 406 g/mol. The number of H-pyrrole nitrogens is 1. The molecule has 0 radical (unpaired) electrons. The zero-order valence-corrected chi connectivity index (χ0v) is 18.1. The molecule has 0 aliphatic carbocycles. The van der Waals surface area contributed by atoms with E-state index in [1.54, 1.807) is 29.2 Å². The van der Waals surface area contributed by atoms with E-state index < -0.39 is 5.56 Å². The van der Waals surface area contributed by atoms with Gasteiger partial charge in [0.25, 0.3) is 17.4 Å². The maximum Gasteiger partial charge on any atom is 0.261 e. The molecule has 1 N–H and O–H groups in total. The Morgan fingerprint density at radius 2 is 1.81 bits per heavy atom. The molecule has 7 heteroatoms. The first-order valence-electron chi connectivity index (χ1n) is 11.0. The zero-order chi connectivity index (χ0) is 22.5. The van der Waals surface area contributed by atoms with Crippen LogP contribution < -0.4 is 5.56 Å². The van der Waals surface area contributed by atoms with Gasteiger partial charge in [-0.25, -0.2) is 0 Å². The minimum Gasteiger partial charge on any atom is -0.463 e. The normalized spacial score (nSPS) is 14.3. The average molecular weight is 434 g/mol. The van der Waals surface area contributed by atoms with E-state index in [1.807, 2.05) is 42.2 Å². The van der Waals surface area contributed by atoms with Crippen molar-refractivity contribution >= 4 is 11.8 Å². The zero-order valence-electron chi connectivity index (χ0n) is 18.1. The summed E-state index contributed by atoms with van der Waals surface area (Å²) in [5.74, 6) is 0.288. The number of pyridine rings is 1. The molecule has 4 rings (SSSR count). The molecule has 0 unspecified atom stereocenters. The highest BCUT2D eigenvalue weighted by molar-refractivity contribution is 5.95. The Kier molecular flexibility index (Phi) is 6.54. The van der Waals surface area contributed by atoms with E-state index in [0.29, 0.717) is 49.5 Å². The highest BCUT2D eigenvalue weighted by Crippen LogP contribution is 2.21. The van der Waals surface area contributed by atoms with Crippen LogP contribution in [0.2, 0.25) is 0 Å². The molecule has 1 aliphatic heterocycles. The van der Waals surface area contributed by atoms with Crippen molar-refractivity contribution in [3.05, 3.63) is 82.3 Å². The largest absolute Gasteiger partial charge is 0.463 e. The van der Waals surface area contributed by atoms with Crippen molar-refractivity contribution in [1.82, 2.24) is 14.8 Å². The first-order chi connectivity index (χ1) is 15.6. The molecule has 1 aromatic carbocycles. The molecule has 0 atom stereocenters. The number of piperidine rings is 1. The lowest BCUT2D eigenvalue weighted by Gasteiger charge is -2.38. The molecule has 1 saturated heterocycles. The predicted octanol–water partition coefficient (Wildman–Crippen LogP) is 3.79. The van der Waals surface area contributed by atoms with Crippen molar-refractivity contribution in [2.75, 3.05) is 19.6 Å². The van der Waals surface area contributed by atoms with Crippen LogP contribution in [0.5, 0.6) is 0 Å². The third kappa shape index (κ3) is 4.51. The maximum atomic E-state index is 13.3. The molecule has 1 aliphatic rings. The lowest BCUT2D eigenvalue weighted by atomic mass is 10.0. The van der Waals surface area contributed by atoms with E-state index in [0.717, 1.165) is 6.42 Å². The molecule has 32 heavy (non-hydrogen) atoms. The fourth-order valence-corrected chi connectivity index (χ4v) is 4.21. The number of aromatic amines is 1. The van der Waals surface area contributed by atoms with Crippen LogP contribution >= 0.6 is 0 Å². The number of hydrogen-bond donors (Lipinski definition) is 1. The molecule has 2 aromatic heterocycles. The van der Waals surface area contributed by atoms with Crippen molar-refractivity contribution in [3.63, 3.8) is 0 Å². The highest BCUT2D eigenvalue weighted by atomic mass is 16.3. The molecule has 7 nitrogen and oxygen atoms in total. The number of nitrogens with zero attached hydrogens (tertiary/aromatic N) is 2. The van der Waals surface area contributed by atoms with E-state index in [2.05, 4.69) is 4.98 Å². The summed E-state index contributed by atoms with van der Waals surface area (Å²) >= 11 is 0. The van der Waals surface area contributed by atoms with Crippen LogP contribution in [-0.2, 0) is 0 Å². The number of carbonyl (C=O) groups excluding carboxylic acids is 2. The number of nitrogens with one attached hydrogen (secondary N) is 1. The van der Waals surface area contributed by atoms with Crippen LogP contribution in [0.15, 0.2) is 70.1 Å². The Labute approximate surface area is 186 Å². The Balaban J connectivity index is 1.46. The Hall–Kier alpha value is -3.61. The summed E-state index contributed by atoms with van der Waals surface area (Å²) in [4.78, 5) is 45.1. The second kappa shape index (κ2) is 9.68. The summed E-state index contributed by atoms with van der Waals surface area (Å²) < 4.78 is 5.32. The van der Waals surface area contributed by atoms with Crippen LogP contribution in [0.1, 0.15) is 46.9 Å². The van der Waals surface area contributed by atoms with Gasteiger partial charge in [0.05, 0.1) is 12.0 Å². The van der Waals surface area contributed by atoms with Crippen LogP contribution in [0.3, 0.4) is 0 Å². The molecule has 0 saturated carbocycles. The molecule has 166 valence electrons. The molecule has 0 spiro atoms. The van der Waals surface area contributed by atoms with Gasteiger partial charge >= 0.3 is 0 Å². The second-order valence-electron chi connectivity index (χ2n) is 7.98. The van der Waals surface area contributed by atoms with Gasteiger partial charge in [-0.3, -0.25) is 14.4 Å². The van der Waals surface area contributed by atoms with Crippen molar-refractivity contribution in [3.8, 4) is 11.5 Å². The lowest BCUT2D eigenvalue weighted by molar-refractivity contribution is 0.0518. The molecule has 3 heterocycles. The van der Waals surface area contributed by atoms with E-state index >= 15 is 0 Å². The van der Waals surface area contributed by atoms with Crippen molar-refractivity contribution in [1.29, 1.82) is 0 Å². The Morgan fingerprint density at radius 1 is 1.06 bits per heavy atom. The van der Waals surface area contributed by atoms with E-state index in [4.69, 9.17) is 4.42 Å². The van der Waals surface area contributed by atoms with Crippen molar-refractivity contribution < 1.29 is 14.0 Å². The van der Waals surface area contributed by atoms with E-state index in [1.165, 1.54) is 6.26 Å². The van der Waals surface area contributed by atoms with Gasteiger partial charge in [0.15, 0.2) is 0 Å². The number of hydrogen-bond acceptors (Lipinski definition) is 4. The fraction of sp³-hybridized carbons (Fsp3) is 0.320. The fourth-order valence-electron chi connectivity index (χ4n) is 4.21. The third-order valence-corrected chi connectivity index (χ3v) is 5.87. The van der Waals surface area contributed by atoms with Crippen LogP contribution in [0, 0.1) is 0 Å². The van der Waals surface area contributed by atoms with Crippen molar-refractivity contribution in [2.24, 2.45) is 0 Å². The molecule has 0 bridgehead atoms. The SMILES string of the molecule is CCCN(C(=O)c1ccc(-c2ccco2)[nH]c1=O)C1CCN(C(=O)c2ccccc2)CC1. The minimum absolute atomic E-state index is 0.00794. The van der Waals surface area contributed by atoms with Crippen LogP contribution in [-0.4, -0.2) is 52.3 Å². The van der Waals surface area contributed by atoms with Gasteiger partial charge in [0.1, 0.15) is 11.3 Å². The maximum absolute atomic E-state index is 13.3. The summed E-state index contributed by atoms with van der Waals surface area (Å²) in [6.45, 7) is 3.74. The molecular formula is C25H27N3O4. The van der Waals surface area contributed by atoms with Crippen molar-refractivity contribution in [2.45, 2.75) is 32.2 Å². The van der Waals surface area contributed by atoms with Gasteiger partial charge in [-0.2, -0.15) is 0 Å². The highest BCUT2D eigenvalue weighted by Gasteiger charge is 2.31. The number of furan rings is 1. The standard InChI is InChI=1S/C25H27N3O4/c1-2-14-28(19-12-15-27(16-13-19)24(30)18-7-4-3-5-8-18)25(31)20-10-11-21(26-23(20)29)22-9-6-17-32-22/h3-11,17,19H,2,12-16H2,1H3,(H,26,29). The Bertz CT molecular complexity index is 1110. The average Bonchev–Trinajstić information content (AvgIpc) is 3.37. The number of rotatable bonds is 6. The van der Waals surface area contributed by atoms with Gasteiger partial charge in [0.2, 0.25) is 0 Å². The smallest absolute Gasteiger partial charge is 0.261 e. The predicted molar refractivity (Wildman–Crippen MR) is 121 cm³/mol. The summed E-state index contributed by atoms with van der Waals surface area (Å²) in [6, 6.07) is 16.0. The summed E-state index contributed by atoms with van der Waals surface area (Å²) in [5, 5.41) is 0. The molecule has 3 aromatic rings. The minimum atomic E-state index is -0.429. The van der Waals surface area contributed by atoms with Gasteiger partial charge in [-0.1, -0.05) is 25.1 Å². The van der Waals surface area contributed by atoms with Crippen LogP contribution in [0.4, 0.5) is 0 Å². The number of likely N-dealkylation sites (tertiary alicyclic amines) is 1. The number of carbonyl (C=O) groups is 2. The lowest BCUT2D eigenvalue weighted by Crippen LogP contribution is -2.49. The number of amides is 2. The topological polar surface area (TPSA) is 86.6 Å². The third-order valence-electron chi connectivity index (χ3n) is 5.87. The first-order valence-corrected chi connectivity index (χ1v) is 11.0. The van der Waals surface area contributed by atoms with Crippen LogP contribution in [0.25, 0.3) is 11.5 Å². The van der Waals surface area contributed by atoms with E-state index in [9.17, 15) is 14.4 Å². The summed E-state index contributed by atoms with van der Waals surface area (Å²) in [5.41, 5.74) is 0.903. The van der Waals surface area contributed by atoms with Gasteiger partial charge in [0, 0.05) is 31.2 Å². The molecule has 1 fully saturated rings. The van der Waals surface area contributed by atoms with Gasteiger partial charge in [-0.05, 0) is 55.7 Å². The molecule has 2 amide bonds. The van der Waals surface area contributed by atoms with E-state index in [-0.39, 0.29) is 23.4 Å². The second-order valence-corrected chi connectivity index (χ2v) is 7.98. The number of aromatic nitrogens is 1. The summed E-state index contributed by atoms with van der Waals surface area (Å²) in [6.07, 6.45) is 3.70. The van der Waals surface area contributed by atoms with Gasteiger partial charge in [-0.15, -0.1) is 0 Å². The number of benzene rings is 1. The Morgan fingerprint density at radius 3 is 2.44 bits per heavy atom. The quantitative estimate of drug-likeness (QED) is 0.641. The van der Waals surface area contributed by atoms with Gasteiger partial charge < -0.3 is 19.2 Å². The first kappa shape index (κ1) is 21.6.